The van der Waals surface area contributed by atoms with E-state index in [1.54, 1.807) is 18.0 Å². The maximum atomic E-state index is 11.4. The summed E-state index contributed by atoms with van der Waals surface area (Å²) in [5.74, 6) is 0.458. The number of nitrogens with one attached hydrogen (secondary N) is 1. The summed E-state index contributed by atoms with van der Waals surface area (Å²) in [4.78, 5) is 15.4. The van der Waals surface area contributed by atoms with Gasteiger partial charge in [-0.05, 0) is 13.0 Å². The average Bonchev–Trinajstić information content (AvgIpc) is 2.68. The molecule has 4 nitrogen and oxygen atoms in total. The van der Waals surface area contributed by atoms with Crippen LogP contribution >= 0.6 is 23.1 Å². The van der Waals surface area contributed by atoms with Crippen LogP contribution in [-0.2, 0) is 4.79 Å². The predicted molar refractivity (Wildman–Crippen MR) is 66.3 cm³/mol. The van der Waals surface area contributed by atoms with Crippen LogP contribution in [0, 0.1) is 0 Å². The van der Waals surface area contributed by atoms with Crippen molar-refractivity contribution in [3.05, 3.63) is 11.6 Å². The molecule has 0 saturated heterocycles. The topological polar surface area (TPSA) is 68.0 Å². The number of nitrogens with two attached hydrogens (primary N) is 1. The fraction of sp³-hybridized carbons (Fsp3) is 0.556. The van der Waals surface area contributed by atoms with Gasteiger partial charge in [0.15, 0.2) is 5.13 Å². The van der Waals surface area contributed by atoms with Gasteiger partial charge in [-0.3, -0.25) is 4.79 Å². The summed E-state index contributed by atoms with van der Waals surface area (Å²) in [5.41, 5.74) is 5.42. The molecule has 1 aromatic rings. The highest BCUT2D eigenvalue weighted by Gasteiger charge is 2.07. The predicted octanol–water partition coefficient (Wildman–Crippen LogP) is 1.55. The fourth-order valence-corrected chi connectivity index (χ4v) is 2.33. The van der Waals surface area contributed by atoms with Crippen LogP contribution in [0.4, 0.5) is 5.13 Å². The first-order valence-corrected chi connectivity index (χ1v) is 6.66. The molecule has 1 atom stereocenters. The van der Waals surface area contributed by atoms with Crippen molar-refractivity contribution < 1.29 is 4.79 Å². The van der Waals surface area contributed by atoms with Crippen LogP contribution in [0.5, 0.6) is 0 Å². The molecule has 0 aliphatic heterocycles. The Morgan fingerprint density at radius 2 is 2.60 bits per heavy atom. The molecule has 1 rings (SSSR count). The molecule has 84 valence electrons. The smallest absolute Gasteiger partial charge is 0.236 e. The zero-order valence-corrected chi connectivity index (χ0v) is 10.2. The van der Waals surface area contributed by atoms with Crippen LogP contribution in [0.3, 0.4) is 0 Å². The highest BCUT2D eigenvalue weighted by atomic mass is 32.2. The van der Waals surface area contributed by atoms with E-state index in [-0.39, 0.29) is 5.91 Å². The Morgan fingerprint density at radius 3 is 3.20 bits per heavy atom. The molecular formula is C9H15N3OS2. The number of anilines is 1. The Bertz CT molecular complexity index is 290. The lowest BCUT2D eigenvalue weighted by atomic mass is 10.3. The number of thioether (sulfide) groups is 1. The highest BCUT2D eigenvalue weighted by Crippen LogP contribution is 2.15. The fourth-order valence-electron chi connectivity index (χ4n) is 0.977. The van der Waals surface area contributed by atoms with Crippen molar-refractivity contribution in [2.24, 2.45) is 5.73 Å². The summed E-state index contributed by atoms with van der Waals surface area (Å²) >= 11 is 3.04. The summed E-state index contributed by atoms with van der Waals surface area (Å²) in [6.45, 7) is 2.75. The number of hydrogen-bond donors (Lipinski definition) is 2. The van der Waals surface area contributed by atoms with Crippen molar-refractivity contribution >= 4 is 34.1 Å². The second kappa shape index (κ2) is 6.81. The van der Waals surface area contributed by atoms with Gasteiger partial charge in [0, 0.05) is 16.8 Å². The molecule has 1 aromatic heterocycles. The summed E-state index contributed by atoms with van der Waals surface area (Å²) < 4.78 is 0. The molecule has 0 aromatic carbocycles. The van der Waals surface area contributed by atoms with Crippen LogP contribution in [0.1, 0.15) is 13.3 Å². The number of nitrogens with zero attached hydrogens (tertiary/aromatic N) is 1. The van der Waals surface area contributed by atoms with Crippen LogP contribution in [0.25, 0.3) is 0 Å². The van der Waals surface area contributed by atoms with Crippen molar-refractivity contribution in [1.29, 1.82) is 0 Å². The van der Waals surface area contributed by atoms with E-state index in [1.807, 2.05) is 5.38 Å². The van der Waals surface area contributed by atoms with Gasteiger partial charge in [-0.15, -0.1) is 23.1 Å². The SMILES string of the molecule is CC(CCN)SCC(=O)Nc1nccs1. The Labute approximate surface area is 97.7 Å². The monoisotopic (exact) mass is 245 g/mol. The van der Waals surface area contributed by atoms with Crippen molar-refractivity contribution in [3.63, 3.8) is 0 Å². The lowest BCUT2D eigenvalue weighted by Crippen LogP contribution is -2.16. The average molecular weight is 245 g/mol. The van der Waals surface area contributed by atoms with E-state index in [0.717, 1.165) is 6.42 Å². The van der Waals surface area contributed by atoms with Crippen LogP contribution in [0.2, 0.25) is 0 Å². The summed E-state index contributed by atoms with van der Waals surface area (Å²) in [6.07, 6.45) is 2.61. The molecule has 0 fully saturated rings. The largest absolute Gasteiger partial charge is 0.330 e. The van der Waals surface area contributed by atoms with Gasteiger partial charge in [-0.1, -0.05) is 6.92 Å². The number of carbonyl (C=O) groups is 1. The lowest BCUT2D eigenvalue weighted by Gasteiger charge is -2.08. The third kappa shape index (κ3) is 5.15. The van der Waals surface area contributed by atoms with Gasteiger partial charge in [0.05, 0.1) is 5.75 Å². The number of aromatic nitrogens is 1. The van der Waals surface area contributed by atoms with Gasteiger partial charge in [0.25, 0.3) is 0 Å². The van der Waals surface area contributed by atoms with Crippen molar-refractivity contribution in [3.8, 4) is 0 Å². The zero-order valence-electron chi connectivity index (χ0n) is 8.60. The third-order valence-corrected chi connectivity index (χ3v) is 3.67. The Morgan fingerprint density at radius 1 is 1.80 bits per heavy atom. The highest BCUT2D eigenvalue weighted by molar-refractivity contribution is 8.00. The third-order valence-electron chi connectivity index (χ3n) is 1.75. The van der Waals surface area contributed by atoms with Gasteiger partial charge in [0.2, 0.25) is 5.91 Å². The van der Waals surface area contributed by atoms with Crippen molar-refractivity contribution in [2.75, 3.05) is 17.6 Å². The minimum absolute atomic E-state index is 0.00109. The minimum atomic E-state index is -0.00109. The molecule has 0 spiro atoms. The second-order valence-corrected chi connectivity index (χ2v) is 5.41. The van der Waals surface area contributed by atoms with E-state index in [9.17, 15) is 4.79 Å². The van der Waals surface area contributed by atoms with E-state index in [1.165, 1.54) is 11.3 Å². The molecule has 1 heterocycles. The normalized spacial score (nSPS) is 12.4. The number of thiazole rings is 1. The van der Waals surface area contributed by atoms with Crippen LogP contribution < -0.4 is 11.1 Å². The summed E-state index contributed by atoms with van der Waals surface area (Å²) in [6, 6.07) is 0. The Balaban J connectivity index is 2.19. The number of carbonyl (C=O) groups excluding carboxylic acids is 1. The molecule has 0 aliphatic carbocycles. The molecular weight excluding hydrogens is 230 g/mol. The van der Waals surface area contributed by atoms with Crippen molar-refractivity contribution in [2.45, 2.75) is 18.6 Å². The Hall–Kier alpha value is -0.590. The van der Waals surface area contributed by atoms with Gasteiger partial charge in [-0.2, -0.15) is 0 Å². The summed E-state index contributed by atoms with van der Waals surface area (Å²) in [7, 11) is 0. The maximum Gasteiger partial charge on any atom is 0.236 e. The standard InChI is InChI=1S/C9H15N3OS2/c1-7(2-3-10)15-6-8(13)12-9-11-4-5-14-9/h4-5,7H,2-3,6,10H2,1H3,(H,11,12,13). The van der Waals surface area contributed by atoms with E-state index >= 15 is 0 Å². The maximum absolute atomic E-state index is 11.4. The van der Waals surface area contributed by atoms with E-state index < -0.39 is 0 Å². The van der Waals surface area contributed by atoms with E-state index in [4.69, 9.17) is 5.73 Å². The minimum Gasteiger partial charge on any atom is -0.330 e. The molecule has 6 heteroatoms. The Kier molecular flexibility index (Phi) is 5.67. The number of rotatable bonds is 6. The van der Waals surface area contributed by atoms with Gasteiger partial charge in [-0.25, -0.2) is 4.98 Å². The molecule has 0 bridgehead atoms. The molecule has 0 aliphatic rings. The molecule has 1 amide bonds. The van der Waals surface area contributed by atoms with Crippen LogP contribution in [0.15, 0.2) is 11.6 Å². The van der Waals surface area contributed by atoms with E-state index in [0.29, 0.717) is 22.7 Å². The lowest BCUT2D eigenvalue weighted by molar-refractivity contribution is -0.113. The molecule has 3 N–H and O–H groups in total. The zero-order chi connectivity index (χ0) is 11.1. The van der Waals surface area contributed by atoms with Gasteiger partial charge >= 0.3 is 0 Å². The molecule has 0 radical (unpaired) electrons. The number of amides is 1. The van der Waals surface area contributed by atoms with Gasteiger partial charge in [0.1, 0.15) is 0 Å². The molecule has 1 unspecified atom stereocenters. The van der Waals surface area contributed by atoms with Crippen molar-refractivity contribution in [1.82, 2.24) is 4.98 Å². The first-order valence-electron chi connectivity index (χ1n) is 4.73. The van der Waals surface area contributed by atoms with Gasteiger partial charge < -0.3 is 11.1 Å². The molecule has 15 heavy (non-hydrogen) atoms. The second-order valence-electron chi connectivity index (χ2n) is 3.08. The van der Waals surface area contributed by atoms with E-state index in [2.05, 4.69) is 17.2 Å². The van der Waals surface area contributed by atoms with Crippen LogP contribution in [-0.4, -0.2) is 28.4 Å². The first kappa shape index (κ1) is 12.5. The number of hydrogen-bond acceptors (Lipinski definition) is 5. The summed E-state index contributed by atoms with van der Waals surface area (Å²) in [5, 5.41) is 5.66. The first-order chi connectivity index (χ1) is 7.22. The molecule has 0 saturated carbocycles. The quantitative estimate of drug-likeness (QED) is 0.798.